The van der Waals surface area contributed by atoms with Crippen LogP contribution in [0.5, 0.6) is 0 Å². The van der Waals surface area contributed by atoms with Crippen molar-refractivity contribution in [3.63, 3.8) is 0 Å². The van der Waals surface area contributed by atoms with Gasteiger partial charge in [-0.3, -0.25) is 4.79 Å². The minimum absolute atomic E-state index is 0.402. The number of thioether (sulfide) groups is 1. The highest BCUT2D eigenvalue weighted by Gasteiger charge is 2.36. The van der Waals surface area contributed by atoms with Gasteiger partial charge in [0.1, 0.15) is 0 Å². The van der Waals surface area contributed by atoms with Crippen LogP contribution >= 0.6 is 11.8 Å². The van der Waals surface area contributed by atoms with Crippen molar-refractivity contribution < 1.29 is 4.79 Å². The van der Waals surface area contributed by atoms with E-state index in [0.717, 1.165) is 31.2 Å². The van der Waals surface area contributed by atoms with Crippen LogP contribution in [0.25, 0.3) is 0 Å². The molecule has 17 heavy (non-hydrogen) atoms. The summed E-state index contributed by atoms with van der Waals surface area (Å²) in [5, 5.41) is 3.46. The van der Waals surface area contributed by atoms with Crippen molar-refractivity contribution in [2.75, 3.05) is 24.6 Å². The fourth-order valence-corrected chi connectivity index (χ4v) is 3.45. The Kier molecular flexibility index (Phi) is 3.61. The van der Waals surface area contributed by atoms with Crippen LogP contribution in [0.3, 0.4) is 0 Å². The predicted molar refractivity (Wildman–Crippen MR) is 71.2 cm³/mol. The average molecular weight is 254 g/mol. The summed E-state index contributed by atoms with van der Waals surface area (Å²) in [6.45, 7) is 2.11. The van der Waals surface area contributed by atoms with Gasteiger partial charge in [0.05, 0.1) is 0 Å². The number of carbonyl (C=O) groups is 1. The third kappa shape index (κ3) is 3.38. The Labute approximate surface area is 108 Å². The molecule has 1 atom stereocenters. The number of carbonyl (C=O) groups excluding carboxylic acids is 1. The lowest BCUT2D eigenvalue weighted by Gasteiger charge is -2.27. The first-order valence-corrected chi connectivity index (χ1v) is 8.09. The molecule has 0 aromatic rings. The normalized spacial score (nSPS) is 29.1. The van der Waals surface area contributed by atoms with Crippen molar-refractivity contribution in [3.8, 4) is 0 Å². The van der Waals surface area contributed by atoms with E-state index in [4.69, 9.17) is 0 Å². The lowest BCUT2D eigenvalue weighted by Crippen LogP contribution is -2.43. The van der Waals surface area contributed by atoms with Crippen LogP contribution in [0.15, 0.2) is 0 Å². The highest BCUT2D eigenvalue weighted by atomic mass is 32.2. The molecule has 1 heterocycles. The van der Waals surface area contributed by atoms with Crippen LogP contribution in [0, 0.1) is 5.92 Å². The highest BCUT2D eigenvalue weighted by molar-refractivity contribution is 7.99. The molecule has 2 aliphatic carbocycles. The van der Waals surface area contributed by atoms with Crippen molar-refractivity contribution >= 4 is 17.7 Å². The van der Waals surface area contributed by atoms with Gasteiger partial charge in [-0.05, 0) is 31.6 Å². The standard InChI is InChI=1S/C13H22N2OS/c16-13(7-11-9-17-6-5-14-11)15(12-3-4-12)8-10-1-2-10/h10-12,14H,1-9H2. The minimum atomic E-state index is 0.402. The van der Waals surface area contributed by atoms with E-state index in [1.165, 1.54) is 31.4 Å². The fourth-order valence-electron chi connectivity index (χ4n) is 2.50. The second-order valence-electron chi connectivity index (χ2n) is 5.65. The molecule has 3 fully saturated rings. The van der Waals surface area contributed by atoms with Gasteiger partial charge in [-0.1, -0.05) is 0 Å². The zero-order chi connectivity index (χ0) is 11.7. The number of nitrogens with zero attached hydrogens (tertiary/aromatic N) is 1. The molecule has 0 spiro atoms. The number of hydrogen-bond acceptors (Lipinski definition) is 3. The summed E-state index contributed by atoms with van der Waals surface area (Å²) >= 11 is 1.97. The Bertz CT molecular complexity index is 283. The van der Waals surface area contributed by atoms with Gasteiger partial charge < -0.3 is 10.2 Å². The third-order valence-corrected chi connectivity index (χ3v) is 5.01. The molecule has 3 rings (SSSR count). The molecule has 1 unspecified atom stereocenters. The van der Waals surface area contributed by atoms with E-state index < -0.39 is 0 Å². The van der Waals surface area contributed by atoms with E-state index in [9.17, 15) is 4.79 Å². The molecule has 0 aromatic carbocycles. The quantitative estimate of drug-likeness (QED) is 0.806. The molecule has 0 radical (unpaired) electrons. The Balaban J connectivity index is 1.50. The first-order valence-electron chi connectivity index (χ1n) is 6.93. The molecule has 2 saturated carbocycles. The van der Waals surface area contributed by atoms with E-state index in [1.807, 2.05) is 11.8 Å². The topological polar surface area (TPSA) is 32.3 Å². The summed E-state index contributed by atoms with van der Waals surface area (Å²) in [7, 11) is 0. The Morgan fingerprint density at radius 2 is 2.12 bits per heavy atom. The molecule has 1 N–H and O–H groups in total. The predicted octanol–water partition coefficient (Wildman–Crippen LogP) is 1.48. The molecule has 1 saturated heterocycles. The molecule has 0 aromatic heterocycles. The van der Waals surface area contributed by atoms with E-state index in [2.05, 4.69) is 10.2 Å². The molecular formula is C13H22N2OS. The molecule has 4 heteroatoms. The Morgan fingerprint density at radius 3 is 2.71 bits per heavy atom. The van der Waals surface area contributed by atoms with Crippen molar-refractivity contribution in [3.05, 3.63) is 0 Å². The van der Waals surface area contributed by atoms with Crippen molar-refractivity contribution in [1.82, 2.24) is 10.2 Å². The zero-order valence-electron chi connectivity index (χ0n) is 10.4. The highest BCUT2D eigenvalue weighted by Crippen LogP contribution is 2.35. The molecule has 96 valence electrons. The Morgan fingerprint density at radius 1 is 1.29 bits per heavy atom. The second kappa shape index (κ2) is 5.19. The van der Waals surface area contributed by atoms with Crippen LogP contribution in [0.1, 0.15) is 32.1 Å². The molecule has 1 aliphatic heterocycles. The summed E-state index contributed by atoms with van der Waals surface area (Å²) in [5.74, 6) is 3.53. The summed E-state index contributed by atoms with van der Waals surface area (Å²) in [6.07, 6.45) is 5.88. The van der Waals surface area contributed by atoms with Crippen LogP contribution in [0.2, 0.25) is 0 Å². The van der Waals surface area contributed by atoms with E-state index in [1.54, 1.807) is 0 Å². The number of nitrogens with one attached hydrogen (secondary N) is 1. The molecule has 1 amide bonds. The molecule has 3 aliphatic rings. The smallest absolute Gasteiger partial charge is 0.224 e. The minimum Gasteiger partial charge on any atom is -0.339 e. The van der Waals surface area contributed by atoms with Crippen molar-refractivity contribution in [1.29, 1.82) is 0 Å². The summed E-state index contributed by atoms with van der Waals surface area (Å²) < 4.78 is 0. The zero-order valence-corrected chi connectivity index (χ0v) is 11.2. The first-order chi connectivity index (χ1) is 8.33. The lowest BCUT2D eigenvalue weighted by atomic mass is 10.2. The summed E-state index contributed by atoms with van der Waals surface area (Å²) in [5.41, 5.74) is 0. The van der Waals surface area contributed by atoms with Gasteiger partial charge in [-0.15, -0.1) is 0 Å². The van der Waals surface area contributed by atoms with E-state index in [0.29, 0.717) is 18.0 Å². The maximum atomic E-state index is 12.3. The maximum absolute atomic E-state index is 12.3. The van der Waals surface area contributed by atoms with Gasteiger partial charge in [-0.2, -0.15) is 11.8 Å². The van der Waals surface area contributed by atoms with Crippen molar-refractivity contribution in [2.45, 2.75) is 44.2 Å². The average Bonchev–Trinajstić information content (AvgIpc) is 3.20. The van der Waals surface area contributed by atoms with Gasteiger partial charge in [0.2, 0.25) is 5.91 Å². The number of amides is 1. The molecule has 3 nitrogen and oxygen atoms in total. The van der Waals surface area contributed by atoms with Gasteiger partial charge in [0.15, 0.2) is 0 Å². The van der Waals surface area contributed by atoms with E-state index in [-0.39, 0.29) is 0 Å². The SMILES string of the molecule is O=C(CC1CSCCN1)N(CC1CC1)C1CC1. The van der Waals surface area contributed by atoms with Crippen LogP contribution < -0.4 is 5.32 Å². The fraction of sp³-hybridized carbons (Fsp3) is 0.923. The van der Waals surface area contributed by atoms with Gasteiger partial charge in [-0.25, -0.2) is 0 Å². The molecule has 0 bridgehead atoms. The molecular weight excluding hydrogens is 232 g/mol. The van der Waals surface area contributed by atoms with Gasteiger partial charge >= 0.3 is 0 Å². The second-order valence-corrected chi connectivity index (χ2v) is 6.80. The lowest BCUT2D eigenvalue weighted by molar-refractivity contribution is -0.132. The van der Waals surface area contributed by atoms with Gasteiger partial charge in [0, 0.05) is 43.1 Å². The van der Waals surface area contributed by atoms with E-state index >= 15 is 0 Å². The van der Waals surface area contributed by atoms with Crippen molar-refractivity contribution in [2.24, 2.45) is 5.92 Å². The monoisotopic (exact) mass is 254 g/mol. The van der Waals surface area contributed by atoms with Gasteiger partial charge in [0.25, 0.3) is 0 Å². The number of hydrogen-bond donors (Lipinski definition) is 1. The maximum Gasteiger partial charge on any atom is 0.224 e. The largest absolute Gasteiger partial charge is 0.339 e. The first kappa shape index (κ1) is 11.8. The van der Waals surface area contributed by atoms with Crippen LogP contribution in [-0.2, 0) is 4.79 Å². The van der Waals surface area contributed by atoms with Crippen LogP contribution in [-0.4, -0.2) is 47.5 Å². The Hall–Kier alpha value is -0.220. The van der Waals surface area contributed by atoms with Crippen LogP contribution in [0.4, 0.5) is 0 Å². The third-order valence-electron chi connectivity index (χ3n) is 3.88. The number of rotatable bonds is 5. The summed E-state index contributed by atoms with van der Waals surface area (Å²) in [4.78, 5) is 14.5. The summed E-state index contributed by atoms with van der Waals surface area (Å²) in [6, 6.07) is 1.01.